The summed E-state index contributed by atoms with van der Waals surface area (Å²) >= 11 is 1.49. The van der Waals surface area contributed by atoms with Crippen LogP contribution in [0.15, 0.2) is 17.5 Å². The fourth-order valence-corrected chi connectivity index (χ4v) is 2.66. The molecule has 2 atom stereocenters. The lowest BCUT2D eigenvalue weighted by Crippen LogP contribution is -2.33. The zero-order valence-corrected chi connectivity index (χ0v) is 11.3. The lowest BCUT2D eigenvalue weighted by molar-refractivity contribution is -0.131. The number of aliphatic hydroxyl groups is 2. The Kier molecular flexibility index (Phi) is 3.47. The first-order valence-corrected chi connectivity index (χ1v) is 6.97. The minimum atomic E-state index is -0.885. The third kappa shape index (κ3) is 2.55. The Labute approximate surface area is 118 Å². The highest BCUT2D eigenvalue weighted by Crippen LogP contribution is 2.19. The van der Waals surface area contributed by atoms with E-state index in [1.807, 2.05) is 17.5 Å². The molecule has 2 aromatic heterocycles. The molecule has 1 saturated heterocycles. The van der Waals surface area contributed by atoms with Gasteiger partial charge in [0.15, 0.2) is 0 Å². The molecule has 1 amide bonds. The number of likely N-dealkylation sites (tertiary alicyclic amines) is 1. The van der Waals surface area contributed by atoms with Gasteiger partial charge >= 0.3 is 0 Å². The van der Waals surface area contributed by atoms with E-state index in [2.05, 4.69) is 15.4 Å². The normalized spacial score (nSPS) is 22.4. The molecule has 3 rings (SSSR count). The molecule has 0 radical (unpaired) electrons. The van der Waals surface area contributed by atoms with Crippen LogP contribution in [-0.4, -0.2) is 66.5 Å². The molecule has 0 aliphatic carbocycles. The molecule has 8 nitrogen and oxygen atoms in total. The topological polar surface area (TPSA) is 104 Å². The first kappa shape index (κ1) is 13.2. The van der Waals surface area contributed by atoms with Gasteiger partial charge in [-0.2, -0.15) is 4.80 Å². The maximum atomic E-state index is 12.0. The standard InChI is InChI=1S/C11H13N5O3S/c17-7-4-15(5-8(7)18)10(19)6-16-13-11(12-14-16)9-2-1-3-20-9/h1-3,7-8,17-18H,4-6H2. The van der Waals surface area contributed by atoms with Crippen molar-refractivity contribution in [2.24, 2.45) is 0 Å². The number of rotatable bonds is 3. The molecule has 0 saturated carbocycles. The number of thiophene rings is 1. The summed E-state index contributed by atoms with van der Waals surface area (Å²) in [6.45, 7) is 0.205. The molecular weight excluding hydrogens is 282 g/mol. The molecule has 20 heavy (non-hydrogen) atoms. The first-order chi connectivity index (χ1) is 9.63. The van der Waals surface area contributed by atoms with Crippen LogP contribution in [0.3, 0.4) is 0 Å². The van der Waals surface area contributed by atoms with Crippen LogP contribution in [0.25, 0.3) is 10.7 Å². The number of nitrogens with zero attached hydrogens (tertiary/aromatic N) is 5. The maximum absolute atomic E-state index is 12.0. The van der Waals surface area contributed by atoms with Crippen LogP contribution in [0.2, 0.25) is 0 Å². The van der Waals surface area contributed by atoms with E-state index in [4.69, 9.17) is 0 Å². The summed E-state index contributed by atoms with van der Waals surface area (Å²) in [5.41, 5.74) is 0. The Bertz CT molecular complexity index is 589. The van der Waals surface area contributed by atoms with Gasteiger partial charge in [0.25, 0.3) is 0 Å². The van der Waals surface area contributed by atoms with Crippen molar-refractivity contribution in [3.05, 3.63) is 17.5 Å². The Morgan fingerprint density at radius 1 is 1.40 bits per heavy atom. The van der Waals surface area contributed by atoms with Crippen LogP contribution in [0, 0.1) is 0 Å². The van der Waals surface area contributed by atoms with Crippen molar-refractivity contribution in [3.63, 3.8) is 0 Å². The number of carbonyl (C=O) groups excluding carboxylic acids is 1. The predicted molar refractivity (Wildman–Crippen MR) is 69.7 cm³/mol. The molecular formula is C11H13N5O3S. The third-order valence-electron chi connectivity index (χ3n) is 3.08. The molecule has 2 N–H and O–H groups in total. The largest absolute Gasteiger partial charge is 0.388 e. The first-order valence-electron chi connectivity index (χ1n) is 6.09. The van der Waals surface area contributed by atoms with Gasteiger partial charge in [0, 0.05) is 13.1 Å². The molecule has 2 aromatic rings. The van der Waals surface area contributed by atoms with Crippen LogP contribution >= 0.6 is 11.3 Å². The van der Waals surface area contributed by atoms with E-state index in [0.717, 1.165) is 4.88 Å². The second-order valence-electron chi connectivity index (χ2n) is 4.55. The van der Waals surface area contributed by atoms with E-state index in [1.54, 1.807) is 0 Å². The molecule has 3 heterocycles. The van der Waals surface area contributed by atoms with Gasteiger partial charge in [-0.15, -0.1) is 21.5 Å². The van der Waals surface area contributed by atoms with Crippen LogP contribution in [0.4, 0.5) is 0 Å². The zero-order valence-electron chi connectivity index (χ0n) is 10.5. The average Bonchev–Trinajstić information content (AvgIpc) is 3.11. The molecule has 2 unspecified atom stereocenters. The highest BCUT2D eigenvalue weighted by molar-refractivity contribution is 7.13. The molecule has 106 valence electrons. The summed E-state index contributed by atoms with van der Waals surface area (Å²) in [4.78, 5) is 15.5. The lowest BCUT2D eigenvalue weighted by atomic mass is 10.3. The number of carbonyl (C=O) groups is 1. The second kappa shape index (κ2) is 5.27. The van der Waals surface area contributed by atoms with Gasteiger partial charge in [0.05, 0.1) is 17.1 Å². The average molecular weight is 295 g/mol. The Hall–Kier alpha value is -1.84. The molecule has 9 heteroatoms. The summed E-state index contributed by atoms with van der Waals surface area (Å²) in [5, 5.41) is 32.6. The maximum Gasteiger partial charge on any atom is 0.246 e. The number of amides is 1. The molecule has 0 bridgehead atoms. The fourth-order valence-electron chi connectivity index (χ4n) is 2.01. The summed E-state index contributed by atoms with van der Waals surface area (Å²) in [6, 6.07) is 3.76. The van der Waals surface area contributed by atoms with E-state index in [1.165, 1.54) is 21.0 Å². The van der Waals surface area contributed by atoms with Crippen LogP contribution in [0.5, 0.6) is 0 Å². The van der Waals surface area contributed by atoms with Gasteiger partial charge in [0.1, 0.15) is 6.54 Å². The lowest BCUT2D eigenvalue weighted by Gasteiger charge is -2.14. The monoisotopic (exact) mass is 295 g/mol. The number of hydrogen-bond acceptors (Lipinski definition) is 7. The third-order valence-corrected chi connectivity index (χ3v) is 3.95. The Morgan fingerprint density at radius 3 is 2.80 bits per heavy atom. The van der Waals surface area contributed by atoms with Gasteiger partial charge in [-0.25, -0.2) is 0 Å². The van der Waals surface area contributed by atoms with Gasteiger partial charge in [-0.3, -0.25) is 4.79 Å². The van der Waals surface area contributed by atoms with Crippen LogP contribution in [-0.2, 0) is 11.3 Å². The number of hydrogen-bond donors (Lipinski definition) is 2. The predicted octanol–water partition coefficient (Wildman–Crippen LogP) is -1.03. The minimum Gasteiger partial charge on any atom is -0.388 e. The van der Waals surface area contributed by atoms with Crippen LogP contribution < -0.4 is 0 Å². The van der Waals surface area contributed by atoms with Crippen LogP contribution in [0.1, 0.15) is 0 Å². The molecule has 1 aliphatic rings. The summed E-state index contributed by atoms with van der Waals surface area (Å²) < 4.78 is 0. The number of β-amino-alcohol motifs (C(OH)–C–C–N with tert-alkyl or cyclic N) is 2. The van der Waals surface area contributed by atoms with E-state index in [-0.39, 0.29) is 25.5 Å². The molecule has 0 spiro atoms. The number of aromatic nitrogens is 4. The van der Waals surface area contributed by atoms with Crippen molar-refractivity contribution in [1.29, 1.82) is 0 Å². The molecule has 1 fully saturated rings. The summed E-state index contributed by atoms with van der Waals surface area (Å²) in [7, 11) is 0. The quantitative estimate of drug-likeness (QED) is 0.750. The van der Waals surface area contributed by atoms with Crippen molar-refractivity contribution < 1.29 is 15.0 Å². The van der Waals surface area contributed by atoms with Crippen molar-refractivity contribution in [3.8, 4) is 10.7 Å². The fraction of sp³-hybridized carbons (Fsp3) is 0.455. The van der Waals surface area contributed by atoms with E-state index < -0.39 is 12.2 Å². The smallest absolute Gasteiger partial charge is 0.246 e. The number of tetrazole rings is 1. The van der Waals surface area contributed by atoms with Crippen molar-refractivity contribution in [2.75, 3.05) is 13.1 Å². The minimum absolute atomic E-state index is 0.0577. The van der Waals surface area contributed by atoms with Crippen molar-refractivity contribution in [2.45, 2.75) is 18.8 Å². The van der Waals surface area contributed by atoms with E-state index >= 15 is 0 Å². The Balaban J connectivity index is 1.65. The summed E-state index contributed by atoms with van der Waals surface area (Å²) in [6.07, 6.45) is -1.77. The highest BCUT2D eigenvalue weighted by atomic mass is 32.1. The van der Waals surface area contributed by atoms with Crippen molar-refractivity contribution in [1.82, 2.24) is 25.1 Å². The van der Waals surface area contributed by atoms with E-state index in [0.29, 0.717) is 5.82 Å². The zero-order chi connectivity index (χ0) is 14.1. The second-order valence-corrected chi connectivity index (χ2v) is 5.50. The van der Waals surface area contributed by atoms with E-state index in [9.17, 15) is 15.0 Å². The summed E-state index contributed by atoms with van der Waals surface area (Å²) in [5.74, 6) is 0.227. The van der Waals surface area contributed by atoms with Crippen molar-refractivity contribution >= 4 is 17.2 Å². The van der Waals surface area contributed by atoms with Gasteiger partial charge in [0.2, 0.25) is 11.7 Å². The van der Waals surface area contributed by atoms with Gasteiger partial charge in [-0.05, 0) is 16.7 Å². The molecule has 1 aliphatic heterocycles. The Morgan fingerprint density at radius 2 is 2.15 bits per heavy atom. The number of aliphatic hydroxyl groups excluding tert-OH is 2. The SMILES string of the molecule is O=C(Cn1nnc(-c2cccs2)n1)N1CC(O)C(O)C1. The van der Waals surface area contributed by atoms with Gasteiger partial charge in [-0.1, -0.05) is 6.07 Å². The molecule has 0 aromatic carbocycles. The van der Waals surface area contributed by atoms with Gasteiger partial charge < -0.3 is 15.1 Å². The highest BCUT2D eigenvalue weighted by Gasteiger charge is 2.32.